The average molecular weight is 273 g/mol. The van der Waals surface area contributed by atoms with Gasteiger partial charge in [0.15, 0.2) is 0 Å². The first-order chi connectivity index (χ1) is 9.61. The van der Waals surface area contributed by atoms with Gasteiger partial charge in [-0.15, -0.1) is 0 Å². The zero-order chi connectivity index (χ0) is 14.1. The quantitative estimate of drug-likeness (QED) is 0.828. The minimum atomic E-state index is -0.141. The van der Waals surface area contributed by atoms with Crippen LogP contribution in [0.5, 0.6) is 0 Å². The second kappa shape index (κ2) is 5.01. The van der Waals surface area contributed by atoms with Gasteiger partial charge in [0.1, 0.15) is 6.04 Å². The number of amides is 1. The summed E-state index contributed by atoms with van der Waals surface area (Å²) in [5.41, 5.74) is 2.70. The van der Waals surface area contributed by atoms with E-state index in [4.69, 9.17) is 4.52 Å². The standard InChI is InChI=1S/C13H15N5O2/c1-7-3-9(4-8(2)16-7)12-17-13(20-18-12)10-5-15-11(19)6-14-10/h3-4,10,14H,5-6H2,1-2H3,(H,15,19). The minimum Gasteiger partial charge on any atom is -0.353 e. The van der Waals surface area contributed by atoms with Gasteiger partial charge in [-0.25, -0.2) is 0 Å². The zero-order valence-electron chi connectivity index (χ0n) is 11.3. The molecular weight excluding hydrogens is 258 g/mol. The Kier molecular flexibility index (Phi) is 3.19. The van der Waals surface area contributed by atoms with E-state index in [2.05, 4.69) is 25.8 Å². The first-order valence-corrected chi connectivity index (χ1v) is 6.41. The molecule has 104 valence electrons. The number of aromatic nitrogens is 3. The molecule has 2 N–H and O–H groups in total. The summed E-state index contributed by atoms with van der Waals surface area (Å²) in [7, 11) is 0. The number of pyridine rings is 1. The maximum atomic E-state index is 11.1. The molecule has 0 radical (unpaired) electrons. The molecule has 3 rings (SSSR count). The topological polar surface area (TPSA) is 92.9 Å². The number of nitrogens with zero attached hydrogens (tertiary/aromatic N) is 3. The first-order valence-electron chi connectivity index (χ1n) is 6.41. The summed E-state index contributed by atoms with van der Waals surface area (Å²) in [4.78, 5) is 19.8. The molecule has 1 unspecified atom stereocenters. The molecule has 7 nitrogen and oxygen atoms in total. The van der Waals surface area contributed by atoms with Gasteiger partial charge in [-0.3, -0.25) is 15.1 Å². The van der Waals surface area contributed by atoms with Crippen molar-refractivity contribution >= 4 is 5.91 Å². The van der Waals surface area contributed by atoms with E-state index in [1.54, 1.807) is 0 Å². The highest BCUT2D eigenvalue weighted by Crippen LogP contribution is 2.20. The van der Waals surface area contributed by atoms with E-state index in [1.165, 1.54) is 0 Å². The van der Waals surface area contributed by atoms with Crippen LogP contribution in [0.4, 0.5) is 0 Å². The Balaban J connectivity index is 1.84. The molecular formula is C13H15N5O2. The van der Waals surface area contributed by atoms with Crippen molar-refractivity contribution in [3.63, 3.8) is 0 Å². The molecule has 1 fully saturated rings. The van der Waals surface area contributed by atoms with Crippen LogP contribution in [0.3, 0.4) is 0 Å². The summed E-state index contributed by atoms with van der Waals surface area (Å²) in [5, 5.41) is 9.81. The molecule has 0 spiro atoms. The highest BCUT2D eigenvalue weighted by atomic mass is 16.5. The van der Waals surface area contributed by atoms with E-state index < -0.39 is 0 Å². The van der Waals surface area contributed by atoms with E-state index in [-0.39, 0.29) is 18.5 Å². The van der Waals surface area contributed by atoms with E-state index in [0.717, 1.165) is 17.0 Å². The summed E-state index contributed by atoms with van der Waals surface area (Å²) >= 11 is 0. The predicted molar refractivity (Wildman–Crippen MR) is 70.8 cm³/mol. The Morgan fingerprint density at radius 1 is 1.25 bits per heavy atom. The molecule has 2 aromatic rings. The summed E-state index contributed by atoms with van der Waals surface area (Å²) < 4.78 is 5.28. The normalized spacial score (nSPS) is 18.9. The van der Waals surface area contributed by atoms with Crippen LogP contribution in [0, 0.1) is 13.8 Å². The third-order valence-electron chi connectivity index (χ3n) is 3.09. The lowest BCUT2D eigenvalue weighted by atomic mass is 10.2. The summed E-state index contributed by atoms with van der Waals surface area (Å²) in [6.45, 7) is 4.57. The van der Waals surface area contributed by atoms with Gasteiger partial charge in [0.25, 0.3) is 0 Å². The Labute approximate surface area is 115 Å². The summed E-state index contributed by atoms with van der Waals surface area (Å²) in [5.74, 6) is 0.987. The van der Waals surface area contributed by atoms with Crippen LogP contribution in [-0.2, 0) is 4.79 Å². The minimum absolute atomic E-state index is 0.0265. The van der Waals surface area contributed by atoms with Crippen LogP contribution in [0.1, 0.15) is 23.3 Å². The van der Waals surface area contributed by atoms with Crippen LogP contribution >= 0.6 is 0 Å². The molecule has 0 aliphatic carbocycles. The molecule has 0 aromatic carbocycles. The number of hydrogen-bond acceptors (Lipinski definition) is 6. The molecule has 3 heterocycles. The van der Waals surface area contributed by atoms with Crippen molar-refractivity contribution in [2.45, 2.75) is 19.9 Å². The SMILES string of the molecule is Cc1cc(-c2noc(C3CNC(=O)CN3)n2)cc(C)n1. The van der Waals surface area contributed by atoms with Crippen LogP contribution in [0.25, 0.3) is 11.4 Å². The second-order valence-corrected chi connectivity index (χ2v) is 4.83. The van der Waals surface area contributed by atoms with Crippen molar-refractivity contribution in [3.05, 3.63) is 29.4 Å². The van der Waals surface area contributed by atoms with Gasteiger partial charge in [-0.2, -0.15) is 4.98 Å². The number of hydrogen-bond donors (Lipinski definition) is 2. The molecule has 0 saturated carbocycles. The summed E-state index contributed by atoms with van der Waals surface area (Å²) in [6, 6.07) is 3.69. The third kappa shape index (κ3) is 2.53. The van der Waals surface area contributed by atoms with Gasteiger partial charge < -0.3 is 9.84 Å². The predicted octanol–water partition coefficient (Wildman–Crippen LogP) is 0.509. The van der Waals surface area contributed by atoms with Gasteiger partial charge in [0, 0.05) is 23.5 Å². The monoisotopic (exact) mass is 273 g/mol. The van der Waals surface area contributed by atoms with Crippen molar-refractivity contribution < 1.29 is 9.32 Å². The molecule has 1 saturated heterocycles. The Morgan fingerprint density at radius 3 is 2.65 bits per heavy atom. The van der Waals surface area contributed by atoms with Gasteiger partial charge in [0.05, 0.1) is 6.54 Å². The fraction of sp³-hybridized carbons (Fsp3) is 0.385. The Morgan fingerprint density at radius 2 is 2.00 bits per heavy atom. The van der Waals surface area contributed by atoms with E-state index in [9.17, 15) is 4.79 Å². The van der Waals surface area contributed by atoms with Gasteiger partial charge in [0.2, 0.25) is 17.6 Å². The Hall–Kier alpha value is -2.28. The fourth-order valence-electron chi connectivity index (χ4n) is 2.20. The van der Waals surface area contributed by atoms with E-state index >= 15 is 0 Å². The molecule has 1 amide bonds. The van der Waals surface area contributed by atoms with E-state index in [0.29, 0.717) is 18.3 Å². The van der Waals surface area contributed by atoms with Crippen molar-refractivity contribution in [3.8, 4) is 11.4 Å². The fourth-order valence-corrected chi connectivity index (χ4v) is 2.20. The molecule has 0 bridgehead atoms. The second-order valence-electron chi connectivity index (χ2n) is 4.83. The highest BCUT2D eigenvalue weighted by Gasteiger charge is 2.24. The van der Waals surface area contributed by atoms with Gasteiger partial charge in [-0.05, 0) is 26.0 Å². The number of aryl methyl sites for hydroxylation is 2. The average Bonchev–Trinajstić information content (AvgIpc) is 2.88. The molecule has 1 atom stereocenters. The largest absolute Gasteiger partial charge is 0.353 e. The Bertz CT molecular complexity index is 622. The summed E-state index contributed by atoms with van der Waals surface area (Å²) in [6.07, 6.45) is 0. The van der Waals surface area contributed by atoms with Crippen LogP contribution in [0.2, 0.25) is 0 Å². The molecule has 2 aromatic heterocycles. The van der Waals surface area contributed by atoms with Crippen molar-refractivity contribution in [2.24, 2.45) is 0 Å². The smallest absolute Gasteiger partial charge is 0.245 e. The maximum Gasteiger partial charge on any atom is 0.245 e. The molecule has 1 aliphatic heterocycles. The maximum absolute atomic E-state index is 11.1. The first kappa shape index (κ1) is 12.7. The van der Waals surface area contributed by atoms with Gasteiger partial charge >= 0.3 is 0 Å². The van der Waals surface area contributed by atoms with Crippen molar-refractivity contribution in [1.82, 2.24) is 25.8 Å². The van der Waals surface area contributed by atoms with E-state index in [1.807, 2.05) is 26.0 Å². The number of nitrogens with one attached hydrogen (secondary N) is 2. The lowest BCUT2D eigenvalue weighted by molar-refractivity contribution is -0.121. The molecule has 1 aliphatic rings. The number of carbonyl (C=O) groups is 1. The number of rotatable bonds is 2. The lowest BCUT2D eigenvalue weighted by Gasteiger charge is -2.20. The third-order valence-corrected chi connectivity index (χ3v) is 3.09. The molecule has 7 heteroatoms. The highest BCUT2D eigenvalue weighted by molar-refractivity contribution is 5.78. The van der Waals surface area contributed by atoms with Gasteiger partial charge in [-0.1, -0.05) is 5.16 Å². The lowest BCUT2D eigenvalue weighted by Crippen LogP contribution is -2.47. The van der Waals surface area contributed by atoms with Crippen molar-refractivity contribution in [1.29, 1.82) is 0 Å². The van der Waals surface area contributed by atoms with Crippen LogP contribution < -0.4 is 10.6 Å². The van der Waals surface area contributed by atoms with Crippen LogP contribution in [-0.4, -0.2) is 34.1 Å². The zero-order valence-corrected chi connectivity index (χ0v) is 11.3. The van der Waals surface area contributed by atoms with Crippen LogP contribution in [0.15, 0.2) is 16.7 Å². The number of carbonyl (C=O) groups excluding carboxylic acids is 1. The molecule has 20 heavy (non-hydrogen) atoms. The number of piperazine rings is 1. The van der Waals surface area contributed by atoms with Crippen molar-refractivity contribution in [2.75, 3.05) is 13.1 Å².